The van der Waals surface area contributed by atoms with Crippen LogP contribution in [-0.2, 0) is 24.1 Å². The molecule has 172 valence electrons. The van der Waals surface area contributed by atoms with Crippen molar-refractivity contribution in [1.29, 1.82) is 0 Å². The molecule has 0 aromatic heterocycles. The second-order valence-electron chi connectivity index (χ2n) is 8.68. The molecule has 1 aliphatic rings. The van der Waals surface area contributed by atoms with Crippen LogP contribution in [0, 0.1) is 0 Å². The van der Waals surface area contributed by atoms with Gasteiger partial charge >= 0.3 is 0 Å². The summed E-state index contributed by atoms with van der Waals surface area (Å²) in [5, 5.41) is 4.76. The Balaban J connectivity index is 1.50. The lowest BCUT2D eigenvalue weighted by molar-refractivity contribution is -0.136. The summed E-state index contributed by atoms with van der Waals surface area (Å²) in [7, 11) is 0. The summed E-state index contributed by atoms with van der Waals surface area (Å²) in [4.78, 5) is 15.6. The normalized spacial score (nSPS) is 19.3. The van der Waals surface area contributed by atoms with Crippen molar-refractivity contribution in [1.82, 2.24) is 10.2 Å². The Hall–Kier alpha value is -2.37. The molecule has 3 atom stereocenters. The van der Waals surface area contributed by atoms with Crippen molar-refractivity contribution in [2.75, 3.05) is 13.1 Å². The zero-order chi connectivity index (χ0) is 23.2. The monoisotopic (exact) mass is 481 g/mol. The van der Waals surface area contributed by atoms with E-state index in [1.165, 1.54) is 11.1 Å². The fraction of sp³-hybridized carbons (Fsp3) is 0.296. The molecule has 0 radical (unpaired) electrons. The van der Waals surface area contributed by atoms with Crippen molar-refractivity contribution in [2.45, 2.75) is 37.4 Å². The second kappa shape index (κ2) is 11.2. The van der Waals surface area contributed by atoms with E-state index in [1.807, 2.05) is 47.4 Å². The van der Waals surface area contributed by atoms with E-state index < -0.39 is 6.04 Å². The average Bonchev–Trinajstić information content (AvgIpc) is 2.82. The molecule has 1 unspecified atom stereocenters. The first-order chi connectivity index (χ1) is 16.0. The maximum absolute atomic E-state index is 13.6. The summed E-state index contributed by atoms with van der Waals surface area (Å²) in [5.41, 5.74) is 9.73. The number of piperazine rings is 1. The van der Waals surface area contributed by atoms with Crippen molar-refractivity contribution in [2.24, 2.45) is 5.73 Å². The number of carbonyl (C=O) groups is 1. The van der Waals surface area contributed by atoms with Crippen molar-refractivity contribution in [3.05, 3.63) is 106 Å². The van der Waals surface area contributed by atoms with Crippen LogP contribution in [0.2, 0.25) is 10.0 Å². The molecule has 1 amide bonds. The van der Waals surface area contributed by atoms with E-state index in [-0.39, 0.29) is 18.0 Å². The zero-order valence-electron chi connectivity index (χ0n) is 18.5. The molecule has 1 heterocycles. The minimum absolute atomic E-state index is 0.0403. The van der Waals surface area contributed by atoms with Gasteiger partial charge in [-0.3, -0.25) is 4.79 Å². The summed E-state index contributed by atoms with van der Waals surface area (Å²) >= 11 is 12.4. The molecule has 0 saturated carbocycles. The van der Waals surface area contributed by atoms with Crippen LogP contribution in [0.5, 0.6) is 0 Å². The maximum Gasteiger partial charge on any atom is 0.240 e. The quantitative estimate of drug-likeness (QED) is 0.521. The molecule has 3 N–H and O–H groups in total. The minimum Gasteiger partial charge on any atom is -0.335 e. The largest absolute Gasteiger partial charge is 0.335 e. The van der Waals surface area contributed by atoms with E-state index in [0.717, 1.165) is 24.9 Å². The molecule has 1 fully saturated rings. The lowest BCUT2D eigenvalue weighted by Gasteiger charge is -2.42. The first-order valence-corrected chi connectivity index (χ1v) is 12.1. The number of hydrogen-bond donors (Lipinski definition) is 2. The molecule has 1 saturated heterocycles. The number of amides is 1. The number of nitrogens with zero attached hydrogens (tertiary/aromatic N) is 1. The standard InChI is InChI=1S/C27H29Cl2N3O/c28-22-12-11-21(25(29)16-22)15-26(30)27(33)32-18-23(13-19-7-3-1-4-8-19)31-17-24(32)14-20-9-5-2-6-10-20/h1-12,16,23-24,26,31H,13-15,17-18,30H2/t23-,24?,26+/m0/s1. The first-order valence-electron chi connectivity index (χ1n) is 11.3. The number of rotatable bonds is 7. The van der Waals surface area contributed by atoms with E-state index in [1.54, 1.807) is 12.1 Å². The molecule has 33 heavy (non-hydrogen) atoms. The Bertz CT molecular complexity index is 1060. The fourth-order valence-corrected chi connectivity index (χ4v) is 4.95. The third-order valence-electron chi connectivity index (χ3n) is 6.19. The molecule has 6 heteroatoms. The lowest BCUT2D eigenvalue weighted by atomic mass is 9.96. The van der Waals surface area contributed by atoms with Gasteiger partial charge in [0.2, 0.25) is 5.91 Å². The van der Waals surface area contributed by atoms with Gasteiger partial charge in [-0.2, -0.15) is 0 Å². The summed E-state index contributed by atoms with van der Waals surface area (Å²) in [6.45, 7) is 1.35. The minimum atomic E-state index is -0.669. The first kappa shape index (κ1) is 23.8. The Kier molecular flexibility index (Phi) is 8.05. The van der Waals surface area contributed by atoms with Crippen LogP contribution in [0.1, 0.15) is 16.7 Å². The van der Waals surface area contributed by atoms with Gasteiger partial charge in [0.15, 0.2) is 0 Å². The van der Waals surface area contributed by atoms with Gasteiger partial charge in [-0.1, -0.05) is 89.9 Å². The number of carbonyl (C=O) groups excluding carboxylic acids is 1. The van der Waals surface area contributed by atoms with Crippen molar-refractivity contribution < 1.29 is 4.79 Å². The molecule has 0 spiro atoms. The molecular weight excluding hydrogens is 453 g/mol. The molecule has 3 aromatic rings. The smallest absolute Gasteiger partial charge is 0.240 e. The number of benzene rings is 3. The van der Waals surface area contributed by atoms with Gasteiger partial charge in [0.1, 0.15) is 0 Å². The Morgan fingerprint density at radius 2 is 1.61 bits per heavy atom. The SMILES string of the molecule is N[C@H](Cc1ccc(Cl)cc1Cl)C(=O)N1C[C@H](Cc2ccccc2)NCC1Cc1ccccc1. The van der Waals surface area contributed by atoms with Gasteiger partial charge in [0.25, 0.3) is 0 Å². The Morgan fingerprint density at radius 3 is 2.24 bits per heavy atom. The predicted octanol–water partition coefficient (Wildman–Crippen LogP) is 4.52. The highest BCUT2D eigenvalue weighted by molar-refractivity contribution is 6.35. The average molecular weight is 482 g/mol. The zero-order valence-corrected chi connectivity index (χ0v) is 20.0. The maximum atomic E-state index is 13.6. The van der Waals surface area contributed by atoms with Crippen LogP contribution < -0.4 is 11.1 Å². The highest BCUT2D eigenvalue weighted by Crippen LogP contribution is 2.23. The Labute approximate surface area is 205 Å². The van der Waals surface area contributed by atoms with E-state index in [9.17, 15) is 4.79 Å². The van der Waals surface area contributed by atoms with Crippen molar-refractivity contribution in [3.63, 3.8) is 0 Å². The Morgan fingerprint density at radius 1 is 0.970 bits per heavy atom. The van der Waals surface area contributed by atoms with Gasteiger partial charge in [-0.05, 0) is 48.1 Å². The van der Waals surface area contributed by atoms with Crippen LogP contribution in [-0.4, -0.2) is 42.0 Å². The highest BCUT2D eigenvalue weighted by Gasteiger charge is 2.34. The summed E-state index contributed by atoms with van der Waals surface area (Å²) in [6.07, 6.45) is 2.02. The molecular formula is C27H29Cl2N3O. The molecule has 0 aliphatic carbocycles. The van der Waals surface area contributed by atoms with E-state index >= 15 is 0 Å². The number of nitrogens with one attached hydrogen (secondary N) is 1. The summed E-state index contributed by atoms with van der Waals surface area (Å²) in [5.74, 6) is -0.0403. The lowest BCUT2D eigenvalue weighted by Crippen LogP contribution is -2.62. The van der Waals surface area contributed by atoms with Gasteiger partial charge in [-0.15, -0.1) is 0 Å². The molecule has 4 rings (SSSR count). The third-order valence-corrected chi connectivity index (χ3v) is 6.78. The third kappa shape index (κ3) is 6.36. The summed E-state index contributed by atoms with van der Waals surface area (Å²) < 4.78 is 0. The van der Waals surface area contributed by atoms with Crippen LogP contribution in [0.3, 0.4) is 0 Å². The number of halogens is 2. The van der Waals surface area contributed by atoms with Gasteiger partial charge in [0, 0.05) is 35.2 Å². The molecule has 0 bridgehead atoms. The molecule has 4 nitrogen and oxygen atoms in total. The molecule has 3 aromatic carbocycles. The van der Waals surface area contributed by atoms with E-state index in [0.29, 0.717) is 23.0 Å². The predicted molar refractivity (Wildman–Crippen MR) is 136 cm³/mol. The topological polar surface area (TPSA) is 58.4 Å². The van der Waals surface area contributed by atoms with E-state index in [2.05, 4.69) is 29.6 Å². The van der Waals surface area contributed by atoms with Crippen LogP contribution >= 0.6 is 23.2 Å². The van der Waals surface area contributed by atoms with Crippen molar-refractivity contribution >= 4 is 29.1 Å². The van der Waals surface area contributed by atoms with Crippen molar-refractivity contribution in [3.8, 4) is 0 Å². The summed E-state index contributed by atoms with van der Waals surface area (Å²) in [6, 6.07) is 25.5. The molecule has 1 aliphatic heterocycles. The van der Waals surface area contributed by atoms with Gasteiger partial charge in [-0.25, -0.2) is 0 Å². The van der Waals surface area contributed by atoms with Crippen LogP contribution in [0.15, 0.2) is 78.9 Å². The van der Waals surface area contributed by atoms with E-state index in [4.69, 9.17) is 28.9 Å². The highest BCUT2D eigenvalue weighted by atomic mass is 35.5. The van der Waals surface area contributed by atoms with Gasteiger partial charge in [0.05, 0.1) is 6.04 Å². The number of nitrogens with two attached hydrogens (primary N) is 1. The van der Waals surface area contributed by atoms with Crippen LogP contribution in [0.25, 0.3) is 0 Å². The number of hydrogen-bond acceptors (Lipinski definition) is 3. The fourth-order valence-electron chi connectivity index (χ4n) is 4.46. The van der Waals surface area contributed by atoms with Gasteiger partial charge < -0.3 is 16.0 Å². The second-order valence-corrected chi connectivity index (χ2v) is 9.52. The van der Waals surface area contributed by atoms with Crippen LogP contribution in [0.4, 0.5) is 0 Å².